The van der Waals surface area contributed by atoms with Crippen LogP contribution in [0.4, 0.5) is 5.69 Å². The van der Waals surface area contributed by atoms with E-state index >= 15 is 0 Å². The molecule has 1 aliphatic rings. The lowest BCUT2D eigenvalue weighted by atomic mass is 9.98. The number of hydrogen-bond donors (Lipinski definition) is 2. The molecule has 0 radical (unpaired) electrons. The van der Waals surface area contributed by atoms with Gasteiger partial charge in [0.15, 0.2) is 0 Å². The van der Waals surface area contributed by atoms with Crippen molar-refractivity contribution in [2.75, 3.05) is 18.4 Å². The van der Waals surface area contributed by atoms with Crippen molar-refractivity contribution >= 4 is 29.9 Å². The highest BCUT2D eigenvalue weighted by Crippen LogP contribution is 2.28. The van der Waals surface area contributed by atoms with Gasteiger partial charge in [-0.15, -0.1) is 12.4 Å². The summed E-state index contributed by atoms with van der Waals surface area (Å²) in [5.41, 5.74) is 6.70. The quantitative estimate of drug-likeness (QED) is 0.866. The second-order valence-electron chi connectivity index (χ2n) is 5.87. The zero-order chi connectivity index (χ0) is 16.2. The molecule has 23 heavy (non-hydrogen) atoms. The van der Waals surface area contributed by atoms with Gasteiger partial charge in [-0.3, -0.25) is 9.59 Å². The Labute approximate surface area is 144 Å². The van der Waals surface area contributed by atoms with E-state index in [0.29, 0.717) is 24.3 Å². The maximum absolute atomic E-state index is 12.2. The third kappa shape index (κ3) is 4.45. The lowest BCUT2D eigenvalue weighted by Crippen LogP contribution is -2.48. The maximum atomic E-state index is 12.2. The smallest absolute Gasteiger partial charge is 0.253 e. The molecule has 0 unspecified atom stereocenters. The van der Waals surface area contributed by atoms with Crippen LogP contribution in [0.1, 0.15) is 49.9 Å². The van der Waals surface area contributed by atoms with Crippen LogP contribution in [0.3, 0.4) is 0 Å². The number of benzene rings is 1. The van der Waals surface area contributed by atoms with Crippen LogP contribution < -0.4 is 11.1 Å². The number of amides is 2. The van der Waals surface area contributed by atoms with Crippen LogP contribution in [0.25, 0.3) is 0 Å². The van der Waals surface area contributed by atoms with Crippen LogP contribution >= 0.6 is 12.4 Å². The van der Waals surface area contributed by atoms with E-state index in [4.69, 9.17) is 5.73 Å². The van der Waals surface area contributed by atoms with E-state index in [1.54, 1.807) is 29.2 Å². The first-order valence-corrected chi connectivity index (χ1v) is 8.00. The van der Waals surface area contributed by atoms with Crippen molar-refractivity contribution in [1.29, 1.82) is 0 Å². The number of carbonyl (C=O) groups is 2. The molecule has 128 valence electrons. The summed E-state index contributed by atoms with van der Waals surface area (Å²) in [5, 5.41) is 2.86. The molecule has 0 heterocycles. The number of nitrogens with one attached hydrogen (secondary N) is 1. The van der Waals surface area contributed by atoms with Gasteiger partial charge in [-0.2, -0.15) is 0 Å². The Balaban J connectivity index is 0.00000264. The largest absolute Gasteiger partial charge is 0.339 e. The van der Waals surface area contributed by atoms with Crippen LogP contribution in [0.5, 0.6) is 0 Å². The van der Waals surface area contributed by atoms with E-state index in [1.807, 2.05) is 13.8 Å². The van der Waals surface area contributed by atoms with E-state index in [-0.39, 0.29) is 24.2 Å². The molecule has 2 amide bonds. The van der Waals surface area contributed by atoms with Crippen molar-refractivity contribution < 1.29 is 9.59 Å². The normalized spacial score (nSPS) is 15.6. The van der Waals surface area contributed by atoms with E-state index in [0.717, 1.165) is 25.7 Å². The van der Waals surface area contributed by atoms with Gasteiger partial charge in [0.25, 0.3) is 5.91 Å². The highest BCUT2D eigenvalue weighted by atomic mass is 35.5. The summed E-state index contributed by atoms with van der Waals surface area (Å²) >= 11 is 0. The number of carbonyl (C=O) groups excluding carboxylic acids is 2. The van der Waals surface area contributed by atoms with E-state index in [1.165, 1.54) is 0 Å². The first kappa shape index (κ1) is 19.5. The number of rotatable bonds is 5. The molecule has 0 spiro atoms. The number of anilines is 1. The minimum atomic E-state index is -0.740. The van der Waals surface area contributed by atoms with Gasteiger partial charge in [-0.1, -0.05) is 12.8 Å². The van der Waals surface area contributed by atoms with Gasteiger partial charge in [0.05, 0.1) is 5.54 Å². The lowest BCUT2D eigenvalue weighted by molar-refractivity contribution is -0.121. The first-order valence-electron chi connectivity index (χ1n) is 8.00. The fourth-order valence-electron chi connectivity index (χ4n) is 2.88. The van der Waals surface area contributed by atoms with Crippen LogP contribution in [0, 0.1) is 0 Å². The highest BCUT2D eigenvalue weighted by molar-refractivity contribution is 5.99. The Hall–Kier alpha value is -1.59. The Morgan fingerprint density at radius 1 is 1.13 bits per heavy atom. The minimum Gasteiger partial charge on any atom is -0.339 e. The van der Waals surface area contributed by atoms with Crippen LogP contribution in [0.2, 0.25) is 0 Å². The van der Waals surface area contributed by atoms with Crippen LogP contribution in [-0.2, 0) is 4.79 Å². The lowest BCUT2D eigenvalue weighted by Gasteiger charge is -2.22. The van der Waals surface area contributed by atoms with Crippen molar-refractivity contribution in [2.45, 2.75) is 45.1 Å². The first-order chi connectivity index (χ1) is 10.5. The second kappa shape index (κ2) is 8.31. The van der Waals surface area contributed by atoms with Crippen molar-refractivity contribution in [3.63, 3.8) is 0 Å². The maximum Gasteiger partial charge on any atom is 0.253 e. The molecule has 0 bridgehead atoms. The van der Waals surface area contributed by atoms with Crippen molar-refractivity contribution in [1.82, 2.24) is 4.90 Å². The van der Waals surface area contributed by atoms with Gasteiger partial charge in [0.2, 0.25) is 5.91 Å². The topological polar surface area (TPSA) is 75.4 Å². The van der Waals surface area contributed by atoms with Crippen LogP contribution in [-0.4, -0.2) is 35.3 Å². The molecule has 0 aliphatic heterocycles. The monoisotopic (exact) mass is 339 g/mol. The molecule has 6 heteroatoms. The molecule has 0 atom stereocenters. The fourth-order valence-corrected chi connectivity index (χ4v) is 2.88. The summed E-state index contributed by atoms with van der Waals surface area (Å²) in [7, 11) is 0. The molecule has 1 fully saturated rings. The third-order valence-corrected chi connectivity index (χ3v) is 4.39. The summed E-state index contributed by atoms with van der Waals surface area (Å²) in [6.07, 6.45) is 3.47. The number of hydrogen-bond acceptors (Lipinski definition) is 3. The Kier molecular flexibility index (Phi) is 7.03. The molecule has 2 rings (SSSR count). The van der Waals surface area contributed by atoms with Crippen LogP contribution in [0.15, 0.2) is 24.3 Å². The number of nitrogens with zero attached hydrogens (tertiary/aromatic N) is 1. The fraction of sp³-hybridized carbons (Fsp3) is 0.529. The zero-order valence-electron chi connectivity index (χ0n) is 13.8. The van der Waals surface area contributed by atoms with E-state index < -0.39 is 5.54 Å². The molecule has 5 nitrogen and oxygen atoms in total. The van der Waals surface area contributed by atoms with Crippen molar-refractivity contribution in [3.8, 4) is 0 Å². The van der Waals surface area contributed by atoms with Gasteiger partial charge in [-0.25, -0.2) is 0 Å². The molecule has 0 saturated heterocycles. The Bertz CT molecular complexity index is 535. The highest BCUT2D eigenvalue weighted by Gasteiger charge is 2.36. The molecule has 1 aliphatic carbocycles. The summed E-state index contributed by atoms with van der Waals surface area (Å²) in [6, 6.07) is 7.00. The summed E-state index contributed by atoms with van der Waals surface area (Å²) in [4.78, 5) is 26.2. The minimum absolute atomic E-state index is 0. The third-order valence-electron chi connectivity index (χ3n) is 4.39. The predicted molar refractivity (Wildman–Crippen MR) is 95.0 cm³/mol. The molecule has 0 aromatic heterocycles. The number of nitrogens with two attached hydrogens (primary N) is 1. The van der Waals surface area contributed by atoms with Crippen molar-refractivity contribution in [2.24, 2.45) is 5.73 Å². The van der Waals surface area contributed by atoms with Gasteiger partial charge in [0, 0.05) is 24.3 Å². The molecule has 1 aromatic rings. The second-order valence-corrected chi connectivity index (χ2v) is 5.87. The molecular weight excluding hydrogens is 314 g/mol. The van der Waals surface area contributed by atoms with Gasteiger partial charge >= 0.3 is 0 Å². The average Bonchev–Trinajstić information content (AvgIpc) is 2.97. The van der Waals surface area contributed by atoms with E-state index in [2.05, 4.69) is 5.32 Å². The molecule has 3 N–H and O–H groups in total. The summed E-state index contributed by atoms with van der Waals surface area (Å²) in [5.74, 6) is -0.123. The van der Waals surface area contributed by atoms with E-state index in [9.17, 15) is 9.59 Å². The standard InChI is InChI=1S/C17H25N3O2.ClH/c1-3-20(4-2)15(21)13-7-9-14(10-8-13)19-16(22)17(18)11-5-6-12-17;/h7-10H,3-6,11-12,18H2,1-2H3,(H,19,22);1H. The van der Waals surface area contributed by atoms with Gasteiger partial charge < -0.3 is 16.0 Å². The molecule has 1 saturated carbocycles. The Morgan fingerprint density at radius 3 is 2.13 bits per heavy atom. The molecule has 1 aromatic carbocycles. The predicted octanol–water partition coefficient (Wildman–Crippen LogP) is 2.80. The summed E-state index contributed by atoms with van der Waals surface area (Å²) in [6.45, 7) is 5.28. The van der Waals surface area contributed by atoms with Gasteiger partial charge in [0.1, 0.15) is 0 Å². The van der Waals surface area contributed by atoms with Crippen molar-refractivity contribution in [3.05, 3.63) is 29.8 Å². The van der Waals surface area contributed by atoms with Gasteiger partial charge in [-0.05, 0) is 51.0 Å². The average molecular weight is 340 g/mol. The Morgan fingerprint density at radius 2 is 1.65 bits per heavy atom. The number of halogens is 1. The molecular formula is C17H26ClN3O2. The SMILES string of the molecule is CCN(CC)C(=O)c1ccc(NC(=O)C2(N)CCCC2)cc1.Cl. The zero-order valence-corrected chi connectivity index (χ0v) is 14.6. The summed E-state index contributed by atoms with van der Waals surface area (Å²) < 4.78 is 0.